The van der Waals surface area contributed by atoms with Crippen LogP contribution < -0.4 is 15.0 Å². The maximum atomic E-state index is 12.7. The summed E-state index contributed by atoms with van der Waals surface area (Å²) < 4.78 is 5.39. The van der Waals surface area contributed by atoms with Crippen LogP contribution in [0.15, 0.2) is 36.4 Å². The Balaban J connectivity index is 1.83. The Hall–Kier alpha value is -3.09. The van der Waals surface area contributed by atoms with Crippen LogP contribution in [0.25, 0.3) is 0 Å². The zero-order valence-electron chi connectivity index (χ0n) is 16.4. The standard InChI is InChI=1S/C21H25N3O4/c1-14-6-9-20(28-3)17(12-14)15(2)22-21(25)16-7-8-18(19(13-16)24(26)27)23-10-4-5-11-23/h6-9,12-13,15H,4-5,10-11H2,1-3H3,(H,22,25). The van der Waals surface area contributed by atoms with E-state index in [-0.39, 0.29) is 23.2 Å². The van der Waals surface area contributed by atoms with Crippen LogP contribution in [0.4, 0.5) is 11.4 Å². The average Bonchev–Trinajstić information content (AvgIpc) is 3.21. The third kappa shape index (κ3) is 4.08. The minimum Gasteiger partial charge on any atom is -0.496 e. The third-order valence-corrected chi connectivity index (χ3v) is 5.08. The van der Waals surface area contributed by atoms with Gasteiger partial charge in [0.05, 0.1) is 18.1 Å². The maximum Gasteiger partial charge on any atom is 0.293 e. The molecule has 3 rings (SSSR count). The monoisotopic (exact) mass is 383 g/mol. The second-order valence-corrected chi connectivity index (χ2v) is 7.10. The maximum absolute atomic E-state index is 12.7. The Morgan fingerprint density at radius 2 is 1.93 bits per heavy atom. The number of nitrogens with one attached hydrogen (secondary N) is 1. The third-order valence-electron chi connectivity index (χ3n) is 5.08. The molecular weight excluding hydrogens is 358 g/mol. The molecule has 1 saturated heterocycles. The van der Waals surface area contributed by atoms with E-state index in [0.29, 0.717) is 11.4 Å². The highest BCUT2D eigenvalue weighted by Crippen LogP contribution is 2.32. The van der Waals surface area contributed by atoms with Gasteiger partial charge in [-0.3, -0.25) is 14.9 Å². The van der Waals surface area contributed by atoms with Crippen LogP contribution in [0.1, 0.15) is 47.3 Å². The summed E-state index contributed by atoms with van der Waals surface area (Å²) >= 11 is 0. The first-order chi connectivity index (χ1) is 13.4. The van der Waals surface area contributed by atoms with E-state index in [9.17, 15) is 14.9 Å². The molecule has 2 aromatic rings. The van der Waals surface area contributed by atoms with E-state index < -0.39 is 4.92 Å². The molecule has 1 amide bonds. The lowest BCUT2D eigenvalue weighted by atomic mass is 10.0. The molecule has 1 fully saturated rings. The number of carbonyl (C=O) groups excluding carboxylic acids is 1. The molecule has 7 nitrogen and oxygen atoms in total. The summed E-state index contributed by atoms with van der Waals surface area (Å²) in [5, 5.41) is 14.5. The Morgan fingerprint density at radius 3 is 2.57 bits per heavy atom. The van der Waals surface area contributed by atoms with Gasteiger partial charge in [-0.2, -0.15) is 0 Å². The molecule has 1 atom stereocenters. The summed E-state index contributed by atoms with van der Waals surface area (Å²) in [4.78, 5) is 25.9. The molecule has 0 saturated carbocycles. The van der Waals surface area contributed by atoms with Crippen molar-refractivity contribution in [3.63, 3.8) is 0 Å². The van der Waals surface area contributed by atoms with Crippen molar-refractivity contribution < 1.29 is 14.5 Å². The van der Waals surface area contributed by atoms with Crippen LogP contribution in [-0.4, -0.2) is 31.0 Å². The van der Waals surface area contributed by atoms with Crippen LogP contribution >= 0.6 is 0 Å². The van der Waals surface area contributed by atoms with E-state index in [1.165, 1.54) is 6.07 Å². The summed E-state index contributed by atoms with van der Waals surface area (Å²) in [6, 6.07) is 10.2. The zero-order chi connectivity index (χ0) is 20.3. The van der Waals surface area contributed by atoms with Gasteiger partial charge < -0.3 is 15.0 Å². The molecule has 1 aliphatic heterocycles. The number of ether oxygens (including phenoxy) is 1. The van der Waals surface area contributed by atoms with Crippen LogP contribution in [0.5, 0.6) is 5.75 Å². The minimum atomic E-state index is -0.419. The molecule has 0 aliphatic carbocycles. The van der Waals surface area contributed by atoms with Gasteiger partial charge in [-0.1, -0.05) is 17.7 Å². The molecule has 0 spiro atoms. The lowest BCUT2D eigenvalue weighted by Crippen LogP contribution is -2.27. The zero-order valence-corrected chi connectivity index (χ0v) is 16.4. The molecule has 28 heavy (non-hydrogen) atoms. The number of amides is 1. The van der Waals surface area contributed by atoms with Crippen LogP contribution in [0, 0.1) is 17.0 Å². The highest BCUT2D eigenvalue weighted by molar-refractivity contribution is 5.96. The molecule has 1 unspecified atom stereocenters. The van der Waals surface area contributed by atoms with Crippen LogP contribution in [-0.2, 0) is 0 Å². The Labute approximate surface area is 164 Å². The Kier molecular flexibility index (Phi) is 5.82. The number of benzene rings is 2. The van der Waals surface area contributed by atoms with Gasteiger partial charge in [0.2, 0.25) is 0 Å². The lowest BCUT2D eigenvalue weighted by Gasteiger charge is -2.19. The summed E-state index contributed by atoms with van der Waals surface area (Å²) in [7, 11) is 1.59. The molecule has 1 heterocycles. The number of nitro groups is 1. The van der Waals surface area contributed by atoms with Crippen molar-refractivity contribution in [2.24, 2.45) is 0 Å². The SMILES string of the molecule is COc1ccc(C)cc1C(C)NC(=O)c1ccc(N2CCCC2)c([N+](=O)[O-])c1. The van der Waals surface area contributed by atoms with Crippen LogP contribution in [0.2, 0.25) is 0 Å². The van der Waals surface area contributed by atoms with Gasteiger partial charge in [-0.25, -0.2) is 0 Å². The van der Waals surface area contributed by atoms with Crippen molar-refractivity contribution in [2.45, 2.75) is 32.7 Å². The molecule has 148 valence electrons. The normalized spacial score (nSPS) is 14.6. The highest BCUT2D eigenvalue weighted by atomic mass is 16.6. The van der Waals surface area contributed by atoms with Gasteiger partial charge in [-0.05, 0) is 44.9 Å². The average molecular weight is 383 g/mol. The Bertz CT molecular complexity index is 891. The van der Waals surface area contributed by atoms with Crippen molar-refractivity contribution in [1.29, 1.82) is 0 Å². The van der Waals surface area contributed by atoms with Gasteiger partial charge in [0.1, 0.15) is 11.4 Å². The number of methoxy groups -OCH3 is 1. The van der Waals surface area contributed by atoms with Gasteiger partial charge in [-0.15, -0.1) is 0 Å². The molecule has 7 heteroatoms. The van der Waals surface area contributed by atoms with Gasteiger partial charge in [0.25, 0.3) is 11.6 Å². The highest BCUT2D eigenvalue weighted by Gasteiger charge is 2.24. The molecule has 0 bridgehead atoms. The number of nitrogens with zero attached hydrogens (tertiary/aromatic N) is 2. The first-order valence-corrected chi connectivity index (χ1v) is 9.39. The van der Waals surface area contributed by atoms with Crippen molar-refractivity contribution in [2.75, 3.05) is 25.1 Å². The van der Waals surface area contributed by atoms with Crippen molar-refractivity contribution in [3.05, 3.63) is 63.2 Å². The number of anilines is 1. The van der Waals surface area contributed by atoms with E-state index in [1.54, 1.807) is 19.2 Å². The van der Waals surface area contributed by atoms with E-state index in [4.69, 9.17) is 4.74 Å². The smallest absolute Gasteiger partial charge is 0.293 e. The van der Waals surface area contributed by atoms with E-state index in [1.807, 2.05) is 36.9 Å². The number of rotatable bonds is 6. The molecule has 0 aromatic heterocycles. The van der Waals surface area contributed by atoms with Gasteiger partial charge in [0.15, 0.2) is 0 Å². The number of nitro benzene ring substituents is 1. The summed E-state index contributed by atoms with van der Waals surface area (Å²) in [5.41, 5.74) is 2.73. The predicted molar refractivity (Wildman–Crippen MR) is 108 cm³/mol. The fourth-order valence-corrected chi connectivity index (χ4v) is 3.59. The van der Waals surface area contributed by atoms with Crippen LogP contribution in [0.3, 0.4) is 0 Å². The number of hydrogen-bond donors (Lipinski definition) is 1. The molecular formula is C21H25N3O4. The lowest BCUT2D eigenvalue weighted by molar-refractivity contribution is -0.384. The largest absolute Gasteiger partial charge is 0.496 e. The predicted octanol–water partition coefficient (Wildman–Crippen LogP) is 4.00. The second kappa shape index (κ2) is 8.29. The van der Waals surface area contributed by atoms with Crippen molar-refractivity contribution in [3.8, 4) is 5.75 Å². The van der Waals surface area contributed by atoms with Crippen molar-refractivity contribution >= 4 is 17.3 Å². The summed E-state index contributed by atoms with van der Waals surface area (Å²) in [6.07, 6.45) is 2.05. The topological polar surface area (TPSA) is 84.7 Å². The number of carbonyl (C=O) groups is 1. The molecule has 0 radical (unpaired) electrons. The minimum absolute atomic E-state index is 0.0321. The first kappa shape index (κ1) is 19.7. The van der Waals surface area contributed by atoms with E-state index in [0.717, 1.165) is 37.1 Å². The van der Waals surface area contributed by atoms with E-state index >= 15 is 0 Å². The molecule has 1 N–H and O–H groups in total. The molecule has 1 aliphatic rings. The fourth-order valence-electron chi connectivity index (χ4n) is 3.59. The molecule has 2 aromatic carbocycles. The second-order valence-electron chi connectivity index (χ2n) is 7.10. The fraction of sp³-hybridized carbons (Fsp3) is 0.381. The van der Waals surface area contributed by atoms with Crippen molar-refractivity contribution in [1.82, 2.24) is 5.32 Å². The van der Waals surface area contributed by atoms with Gasteiger partial charge in [0, 0.05) is 30.3 Å². The number of aryl methyl sites for hydroxylation is 1. The Morgan fingerprint density at radius 1 is 1.21 bits per heavy atom. The summed E-state index contributed by atoms with van der Waals surface area (Å²) in [5.74, 6) is 0.334. The van der Waals surface area contributed by atoms with E-state index in [2.05, 4.69) is 5.32 Å². The van der Waals surface area contributed by atoms with Gasteiger partial charge >= 0.3 is 0 Å². The number of hydrogen-bond acceptors (Lipinski definition) is 5. The quantitative estimate of drug-likeness (QED) is 0.602. The summed E-state index contributed by atoms with van der Waals surface area (Å²) in [6.45, 7) is 5.44. The first-order valence-electron chi connectivity index (χ1n) is 9.39.